The minimum atomic E-state index is -0.537. The van der Waals surface area contributed by atoms with Gasteiger partial charge in [0.1, 0.15) is 0 Å². The molecule has 2 aromatic rings. The third-order valence-electron chi connectivity index (χ3n) is 2.90. The van der Waals surface area contributed by atoms with Crippen LogP contribution >= 0.6 is 15.9 Å². The van der Waals surface area contributed by atoms with E-state index in [1.54, 1.807) is 13.1 Å². The first-order valence-electron chi connectivity index (χ1n) is 5.77. The van der Waals surface area contributed by atoms with Crippen molar-refractivity contribution in [3.05, 3.63) is 45.7 Å². The van der Waals surface area contributed by atoms with Crippen molar-refractivity contribution < 1.29 is 5.11 Å². The molecule has 0 aliphatic carbocycles. The predicted octanol–water partition coefficient (Wildman–Crippen LogP) is 3.58. The molecule has 1 heterocycles. The maximum absolute atomic E-state index is 9.57. The van der Waals surface area contributed by atoms with E-state index < -0.39 is 6.10 Å². The van der Waals surface area contributed by atoms with Crippen LogP contribution in [0.25, 0.3) is 11.4 Å². The van der Waals surface area contributed by atoms with Crippen LogP contribution in [0.5, 0.6) is 0 Å². The Morgan fingerprint density at radius 1 is 1.28 bits per heavy atom. The summed E-state index contributed by atoms with van der Waals surface area (Å²) in [6.07, 6.45) is 1.16. The molecule has 0 amide bonds. The maximum Gasteiger partial charge on any atom is 0.159 e. The molecule has 0 fully saturated rings. The average Bonchev–Trinajstić information content (AvgIpc) is 2.28. The fraction of sp³-hybridized carbons (Fsp3) is 0.286. The molecule has 0 saturated carbocycles. The zero-order chi connectivity index (χ0) is 13.3. The summed E-state index contributed by atoms with van der Waals surface area (Å²) < 4.78 is 1.04. The highest BCUT2D eigenvalue weighted by atomic mass is 79.9. The molecule has 1 N–H and O–H groups in total. The van der Waals surface area contributed by atoms with Gasteiger partial charge in [-0.25, -0.2) is 9.97 Å². The fourth-order valence-electron chi connectivity index (χ4n) is 1.89. The molecule has 3 nitrogen and oxygen atoms in total. The predicted molar refractivity (Wildman–Crippen MR) is 75.3 cm³/mol. The van der Waals surface area contributed by atoms with Gasteiger partial charge in [-0.15, -0.1) is 0 Å². The number of rotatable bonds is 2. The van der Waals surface area contributed by atoms with Gasteiger partial charge in [-0.3, -0.25) is 0 Å². The van der Waals surface area contributed by atoms with E-state index in [0.717, 1.165) is 26.9 Å². The normalized spacial score (nSPS) is 12.5. The number of aryl methyl sites for hydroxylation is 2. The van der Waals surface area contributed by atoms with Crippen LogP contribution in [-0.2, 0) is 0 Å². The second-order valence-corrected chi connectivity index (χ2v) is 5.29. The van der Waals surface area contributed by atoms with Crippen molar-refractivity contribution in [3.63, 3.8) is 0 Å². The summed E-state index contributed by atoms with van der Waals surface area (Å²) in [4.78, 5) is 8.80. The number of hydrogen-bond donors (Lipinski definition) is 1. The minimum absolute atomic E-state index is 0.537. The Morgan fingerprint density at radius 2 is 2.00 bits per heavy atom. The Morgan fingerprint density at radius 3 is 2.56 bits per heavy atom. The van der Waals surface area contributed by atoms with Gasteiger partial charge in [-0.05, 0) is 44.5 Å². The molecule has 0 unspecified atom stereocenters. The fourth-order valence-corrected chi connectivity index (χ4v) is 2.37. The summed E-state index contributed by atoms with van der Waals surface area (Å²) in [5.74, 6) is 0.696. The highest BCUT2D eigenvalue weighted by Crippen LogP contribution is 2.25. The number of aromatic nitrogens is 2. The zero-order valence-corrected chi connectivity index (χ0v) is 12.2. The maximum atomic E-state index is 9.57. The summed E-state index contributed by atoms with van der Waals surface area (Å²) in [6, 6.07) is 6.01. The average molecular weight is 307 g/mol. The van der Waals surface area contributed by atoms with Gasteiger partial charge in [0.05, 0.1) is 6.10 Å². The van der Waals surface area contributed by atoms with Crippen LogP contribution in [-0.4, -0.2) is 15.1 Å². The number of aliphatic hydroxyl groups excluding tert-OH is 1. The lowest BCUT2D eigenvalue weighted by atomic mass is 10.1. The van der Waals surface area contributed by atoms with Crippen molar-refractivity contribution in [2.24, 2.45) is 0 Å². The van der Waals surface area contributed by atoms with Gasteiger partial charge in [-0.2, -0.15) is 0 Å². The molecule has 1 aromatic carbocycles. The van der Waals surface area contributed by atoms with Gasteiger partial charge >= 0.3 is 0 Å². The molecule has 0 aliphatic heterocycles. The van der Waals surface area contributed by atoms with Crippen LogP contribution in [0.1, 0.15) is 29.8 Å². The Labute approximate surface area is 115 Å². The first kappa shape index (κ1) is 13.2. The molecule has 94 valence electrons. The molecule has 4 heteroatoms. The van der Waals surface area contributed by atoms with Gasteiger partial charge in [0.2, 0.25) is 0 Å². The van der Waals surface area contributed by atoms with E-state index in [4.69, 9.17) is 0 Å². The van der Waals surface area contributed by atoms with Crippen molar-refractivity contribution in [3.8, 4) is 11.4 Å². The number of aliphatic hydroxyl groups is 1. The van der Waals surface area contributed by atoms with Crippen molar-refractivity contribution in [1.82, 2.24) is 9.97 Å². The lowest BCUT2D eigenvalue weighted by molar-refractivity contribution is 0.197. The van der Waals surface area contributed by atoms with E-state index in [1.807, 2.05) is 32.0 Å². The van der Waals surface area contributed by atoms with Crippen molar-refractivity contribution in [1.29, 1.82) is 0 Å². The molecular weight excluding hydrogens is 292 g/mol. The lowest BCUT2D eigenvalue weighted by Gasteiger charge is -2.10. The summed E-state index contributed by atoms with van der Waals surface area (Å²) in [5.41, 5.74) is 3.72. The minimum Gasteiger partial charge on any atom is -0.389 e. The van der Waals surface area contributed by atoms with Gasteiger partial charge in [-0.1, -0.05) is 15.9 Å². The topological polar surface area (TPSA) is 46.0 Å². The first-order chi connectivity index (χ1) is 8.49. The molecule has 0 aliphatic rings. The molecule has 0 radical (unpaired) electrons. The first-order valence-corrected chi connectivity index (χ1v) is 6.56. The van der Waals surface area contributed by atoms with Gasteiger partial charge in [0.15, 0.2) is 5.82 Å². The van der Waals surface area contributed by atoms with Crippen molar-refractivity contribution >= 4 is 15.9 Å². The molecular formula is C14H15BrN2O. The largest absolute Gasteiger partial charge is 0.389 e. The number of benzene rings is 1. The Kier molecular flexibility index (Phi) is 3.78. The highest BCUT2D eigenvalue weighted by Gasteiger charge is 2.10. The molecule has 0 saturated heterocycles. The smallest absolute Gasteiger partial charge is 0.159 e. The third kappa shape index (κ3) is 2.60. The summed E-state index contributed by atoms with van der Waals surface area (Å²) in [5, 5.41) is 9.57. The van der Waals surface area contributed by atoms with E-state index in [0.29, 0.717) is 5.82 Å². The van der Waals surface area contributed by atoms with Gasteiger partial charge in [0.25, 0.3) is 0 Å². The summed E-state index contributed by atoms with van der Waals surface area (Å²) in [7, 11) is 0. The van der Waals surface area contributed by atoms with Crippen LogP contribution in [0.3, 0.4) is 0 Å². The molecule has 18 heavy (non-hydrogen) atoms. The molecule has 0 bridgehead atoms. The summed E-state index contributed by atoms with van der Waals surface area (Å²) >= 11 is 3.44. The van der Waals surface area contributed by atoms with Crippen LogP contribution < -0.4 is 0 Å². The monoisotopic (exact) mass is 306 g/mol. The van der Waals surface area contributed by atoms with Crippen LogP contribution in [0.15, 0.2) is 28.9 Å². The number of halogens is 1. The van der Waals surface area contributed by atoms with Crippen LogP contribution in [0, 0.1) is 13.8 Å². The van der Waals surface area contributed by atoms with E-state index in [-0.39, 0.29) is 0 Å². The standard InChI is InChI=1S/C14H15BrN2O/c1-8-6-11(15)4-5-12(8)14-16-7-13(10(3)18)9(2)17-14/h4-7,10,18H,1-3H3/t10-/m1/s1. The van der Waals surface area contributed by atoms with Crippen LogP contribution in [0.4, 0.5) is 0 Å². The zero-order valence-electron chi connectivity index (χ0n) is 10.6. The lowest BCUT2D eigenvalue weighted by Crippen LogP contribution is -2.01. The Balaban J connectivity index is 2.49. The van der Waals surface area contributed by atoms with E-state index in [1.165, 1.54) is 0 Å². The van der Waals surface area contributed by atoms with Gasteiger partial charge in [0, 0.05) is 27.5 Å². The van der Waals surface area contributed by atoms with Crippen molar-refractivity contribution in [2.45, 2.75) is 26.9 Å². The van der Waals surface area contributed by atoms with Crippen LogP contribution in [0.2, 0.25) is 0 Å². The molecule has 2 rings (SSSR count). The Hall–Kier alpha value is -1.26. The van der Waals surface area contributed by atoms with E-state index in [2.05, 4.69) is 25.9 Å². The molecule has 0 spiro atoms. The van der Waals surface area contributed by atoms with E-state index in [9.17, 15) is 5.11 Å². The molecule has 1 atom stereocenters. The Bertz CT molecular complexity index is 582. The highest BCUT2D eigenvalue weighted by molar-refractivity contribution is 9.10. The quantitative estimate of drug-likeness (QED) is 0.922. The van der Waals surface area contributed by atoms with Gasteiger partial charge < -0.3 is 5.11 Å². The SMILES string of the molecule is Cc1cc(Br)ccc1-c1ncc([C@@H](C)O)c(C)n1. The number of hydrogen-bond acceptors (Lipinski definition) is 3. The molecule has 1 aromatic heterocycles. The van der Waals surface area contributed by atoms with Crippen molar-refractivity contribution in [2.75, 3.05) is 0 Å². The number of nitrogens with zero attached hydrogens (tertiary/aromatic N) is 2. The second kappa shape index (κ2) is 5.16. The second-order valence-electron chi connectivity index (χ2n) is 4.37. The summed E-state index contributed by atoms with van der Waals surface area (Å²) in [6.45, 7) is 5.64. The third-order valence-corrected chi connectivity index (χ3v) is 3.39. The van der Waals surface area contributed by atoms with E-state index >= 15 is 0 Å².